The Kier molecular flexibility index (Phi) is 7.05. The minimum absolute atomic E-state index is 0.102. The third-order valence-electron chi connectivity index (χ3n) is 4.44. The molecule has 0 bridgehead atoms. The molecule has 3 aromatic rings. The molecule has 8 nitrogen and oxygen atoms in total. The zero-order valence-corrected chi connectivity index (χ0v) is 17.5. The maximum atomic E-state index is 12.6. The smallest absolute Gasteiger partial charge is 0.255 e. The second-order valence-electron chi connectivity index (χ2n) is 6.53. The van der Waals surface area contributed by atoms with E-state index in [1.165, 1.54) is 21.3 Å². The van der Waals surface area contributed by atoms with E-state index in [0.29, 0.717) is 39.8 Å². The molecule has 160 valence electrons. The molecule has 2 N–H and O–H groups in total. The molecule has 0 unspecified atom stereocenters. The molecule has 0 atom stereocenters. The molecule has 0 fully saturated rings. The molecule has 0 spiro atoms. The van der Waals surface area contributed by atoms with Crippen molar-refractivity contribution in [2.75, 3.05) is 32.0 Å². The number of hydrogen-bond acceptors (Lipinski definition) is 6. The molecule has 2 amide bonds. The summed E-state index contributed by atoms with van der Waals surface area (Å²) in [7, 11) is 4.56. The fourth-order valence-corrected chi connectivity index (χ4v) is 3.01. The number of amides is 2. The minimum atomic E-state index is -0.261. The number of aromatic nitrogens is 1. The van der Waals surface area contributed by atoms with Crippen molar-refractivity contribution in [2.45, 2.75) is 6.42 Å². The Hall–Kier alpha value is -4.07. The molecule has 2 aromatic carbocycles. The number of pyridine rings is 1. The maximum absolute atomic E-state index is 12.6. The predicted octanol–water partition coefficient (Wildman–Crippen LogP) is 3.54. The Morgan fingerprint density at radius 1 is 0.839 bits per heavy atom. The molecular formula is C23H23N3O5. The zero-order valence-electron chi connectivity index (χ0n) is 17.5. The van der Waals surface area contributed by atoms with Gasteiger partial charge in [-0.15, -0.1) is 0 Å². The van der Waals surface area contributed by atoms with E-state index in [1.807, 2.05) is 0 Å². The molecule has 3 rings (SSSR count). The summed E-state index contributed by atoms with van der Waals surface area (Å²) < 4.78 is 16.0. The molecule has 0 aliphatic carbocycles. The number of anilines is 2. The van der Waals surface area contributed by atoms with E-state index in [4.69, 9.17) is 14.2 Å². The lowest BCUT2D eigenvalue weighted by molar-refractivity contribution is -0.115. The second kappa shape index (κ2) is 10.1. The van der Waals surface area contributed by atoms with Crippen LogP contribution in [0.4, 0.5) is 11.4 Å². The monoisotopic (exact) mass is 421 g/mol. The number of ether oxygens (including phenoxy) is 3. The molecular weight excluding hydrogens is 398 g/mol. The van der Waals surface area contributed by atoms with Crippen LogP contribution in [0.2, 0.25) is 0 Å². The molecule has 31 heavy (non-hydrogen) atoms. The van der Waals surface area contributed by atoms with Gasteiger partial charge in [0.05, 0.1) is 27.8 Å². The molecule has 1 aromatic heterocycles. The van der Waals surface area contributed by atoms with Crippen molar-refractivity contribution >= 4 is 23.2 Å². The third kappa shape index (κ3) is 5.51. The van der Waals surface area contributed by atoms with Crippen molar-refractivity contribution in [3.63, 3.8) is 0 Å². The van der Waals surface area contributed by atoms with Crippen molar-refractivity contribution in [3.05, 3.63) is 72.1 Å². The molecule has 8 heteroatoms. The predicted molar refractivity (Wildman–Crippen MR) is 117 cm³/mol. The Balaban J connectivity index is 1.69. The van der Waals surface area contributed by atoms with Gasteiger partial charge in [-0.05, 0) is 48.0 Å². The highest BCUT2D eigenvalue weighted by atomic mass is 16.5. The lowest BCUT2D eigenvalue weighted by Gasteiger charge is -2.14. The highest BCUT2D eigenvalue weighted by Crippen LogP contribution is 2.38. The molecule has 0 saturated carbocycles. The van der Waals surface area contributed by atoms with Crippen molar-refractivity contribution in [2.24, 2.45) is 0 Å². The van der Waals surface area contributed by atoms with E-state index in [0.717, 1.165) is 0 Å². The normalized spacial score (nSPS) is 10.2. The van der Waals surface area contributed by atoms with Crippen LogP contribution in [0.25, 0.3) is 0 Å². The molecule has 1 heterocycles. The summed E-state index contributed by atoms with van der Waals surface area (Å²) >= 11 is 0. The fourth-order valence-electron chi connectivity index (χ4n) is 3.01. The first-order valence-corrected chi connectivity index (χ1v) is 9.44. The number of methoxy groups -OCH3 is 3. The third-order valence-corrected chi connectivity index (χ3v) is 4.44. The van der Waals surface area contributed by atoms with E-state index in [2.05, 4.69) is 15.6 Å². The first-order valence-electron chi connectivity index (χ1n) is 9.44. The zero-order chi connectivity index (χ0) is 22.2. The van der Waals surface area contributed by atoms with Gasteiger partial charge in [-0.3, -0.25) is 14.6 Å². The number of nitrogens with zero attached hydrogens (tertiary/aromatic N) is 1. The fraction of sp³-hybridized carbons (Fsp3) is 0.174. The van der Waals surface area contributed by atoms with Crippen LogP contribution in [0.5, 0.6) is 17.2 Å². The van der Waals surface area contributed by atoms with Gasteiger partial charge in [-0.1, -0.05) is 6.07 Å². The summed E-state index contributed by atoms with van der Waals surface area (Å²) in [6, 6.07) is 13.6. The maximum Gasteiger partial charge on any atom is 0.255 e. The SMILES string of the molecule is COc1cc(CC(=O)Nc2cccc(NC(=O)c3ccncc3)c2)cc(OC)c1OC. The Morgan fingerprint density at radius 2 is 1.45 bits per heavy atom. The highest BCUT2D eigenvalue weighted by molar-refractivity contribution is 6.04. The van der Waals surface area contributed by atoms with Gasteiger partial charge >= 0.3 is 0 Å². The van der Waals surface area contributed by atoms with E-state index in [-0.39, 0.29) is 18.2 Å². The summed E-state index contributed by atoms with van der Waals surface area (Å²) in [5, 5.41) is 5.63. The van der Waals surface area contributed by atoms with Gasteiger partial charge < -0.3 is 24.8 Å². The van der Waals surface area contributed by atoms with E-state index in [9.17, 15) is 9.59 Å². The molecule has 0 radical (unpaired) electrons. The molecule has 0 aliphatic heterocycles. The Bertz CT molecular complexity index is 1040. The minimum Gasteiger partial charge on any atom is -0.493 e. The van der Waals surface area contributed by atoms with Gasteiger partial charge in [-0.2, -0.15) is 0 Å². The van der Waals surface area contributed by atoms with Crippen LogP contribution < -0.4 is 24.8 Å². The lowest BCUT2D eigenvalue weighted by atomic mass is 10.1. The quantitative estimate of drug-likeness (QED) is 0.577. The van der Waals surface area contributed by atoms with Gasteiger partial charge in [-0.25, -0.2) is 0 Å². The number of carbonyl (C=O) groups is 2. The summed E-state index contributed by atoms with van der Waals surface area (Å²) in [5.41, 5.74) is 2.32. The first-order chi connectivity index (χ1) is 15.0. The van der Waals surface area contributed by atoms with Gasteiger partial charge in [0.15, 0.2) is 11.5 Å². The van der Waals surface area contributed by atoms with Crippen molar-refractivity contribution in [1.29, 1.82) is 0 Å². The van der Waals surface area contributed by atoms with Crippen LogP contribution in [0.15, 0.2) is 60.9 Å². The standard InChI is InChI=1S/C23H23N3O5/c1-29-19-11-15(12-20(30-2)22(19)31-3)13-21(27)25-17-5-4-6-18(14-17)26-23(28)16-7-9-24-10-8-16/h4-12,14H,13H2,1-3H3,(H,25,27)(H,26,28). The van der Waals surface area contributed by atoms with Gasteiger partial charge in [0.2, 0.25) is 11.7 Å². The van der Waals surface area contributed by atoms with Crippen LogP contribution in [0.3, 0.4) is 0 Å². The van der Waals surface area contributed by atoms with Crippen LogP contribution in [0, 0.1) is 0 Å². The second-order valence-corrected chi connectivity index (χ2v) is 6.53. The summed E-state index contributed by atoms with van der Waals surface area (Å²) in [5.74, 6) is 0.929. The number of nitrogens with one attached hydrogen (secondary N) is 2. The number of benzene rings is 2. The van der Waals surface area contributed by atoms with Gasteiger partial charge in [0.1, 0.15) is 0 Å². The first kappa shape index (κ1) is 21.6. The van der Waals surface area contributed by atoms with Crippen LogP contribution in [-0.2, 0) is 11.2 Å². The highest BCUT2D eigenvalue weighted by Gasteiger charge is 2.15. The number of carbonyl (C=O) groups excluding carboxylic acids is 2. The average Bonchev–Trinajstić information content (AvgIpc) is 2.79. The Morgan fingerprint density at radius 3 is 2.03 bits per heavy atom. The van der Waals surface area contributed by atoms with E-state index < -0.39 is 0 Å². The van der Waals surface area contributed by atoms with Gasteiger partial charge in [0, 0.05) is 29.3 Å². The topological polar surface area (TPSA) is 98.8 Å². The summed E-state index contributed by atoms with van der Waals surface area (Å²) in [4.78, 5) is 28.8. The van der Waals surface area contributed by atoms with Crippen molar-refractivity contribution in [1.82, 2.24) is 4.98 Å². The van der Waals surface area contributed by atoms with Crippen LogP contribution in [-0.4, -0.2) is 38.1 Å². The van der Waals surface area contributed by atoms with Crippen molar-refractivity contribution in [3.8, 4) is 17.2 Å². The molecule has 0 aliphatic rings. The lowest BCUT2D eigenvalue weighted by Crippen LogP contribution is -2.15. The van der Waals surface area contributed by atoms with Gasteiger partial charge in [0.25, 0.3) is 5.91 Å². The largest absolute Gasteiger partial charge is 0.493 e. The Labute approximate surface area is 180 Å². The summed E-state index contributed by atoms with van der Waals surface area (Å²) in [6.45, 7) is 0. The number of hydrogen-bond donors (Lipinski definition) is 2. The molecule has 0 saturated heterocycles. The van der Waals surface area contributed by atoms with Crippen molar-refractivity contribution < 1.29 is 23.8 Å². The van der Waals surface area contributed by atoms with E-state index in [1.54, 1.807) is 60.9 Å². The summed E-state index contributed by atoms with van der Waals surface area (Å²) in [6.07, 6.45) is 3.20. The van der Waals surface area contributed by atoms with Crippen LogP contribution in [0.1, 0.15) is 15.9 Å². The average molecular weight is 421 g/mol. The van der Waals surface area contributed by atoms with E-state index >= 15 is 0 Å². The van der Waals surface area contributed by atoms with Crippen LogP contribution >= 0.6 is 0 Å². The number of rotatable bonds is 8.